The molecule has 1 unspecified atom stereocenters. The predicted octanol–water partition coefficient (Wildman–Crippen LogP) is 1.62. The van der Waals surface area contributed by atoms with Gasteiger partial charge in [-0.05, 0) is 25.1 Å². The molecule has 6 nitrogen and oxygen atoms in total. The number of hydrogen-bond donors (Lipinski definition) is 1. The number of carbonyl (C=O) groups excluding carboxylic acids is 2. The van der Waals surface area contributed by atoms with E-state index in [1.807, 2.05) is 6.92 Å². The number of methoxy groups -OCH3 is 1. The zero-order valence-corrected chi connectivity index (χ0v) is 13.2. The second kappa shape index (κ2) is 5.57. The maximum atomic E-state index is 13.9. The highest BCUT2D eigenvalue weighted by Crippen LogP contribution is 2.29. The second-order valence-electron chi connectivity index (χ2n) is 5.78. The summed E-state index contributed by atoms with van der Waals surface area (Å²) in [5.41, 5.74) is 0.466. The van der Waals surface area contributed by atoms with Crippen LogP contribution in [-0.2, 0) is 4.79 Å². The molecule has 1 aromatic heterocycles. The molecule has 1 aliphatic heterocycles. The first-order chi connectivity index (χ1) is 10.9. The van der Waals surface area contributed by atoms with Crippen molar-refractivity contribution in [2.75, 3.05) is 27.2 Å². The van der Waals surface area contributed by atoms with Crippen LogP contribution >= 0.6 is 0 Å². The van der Waals surface area contributed by atoms with Crippen molar-refractivity contribution in [3.63, 3.8) is 0 Å². The first kappa shape index (κ1) is 15.3. The summed E-state index contributed by atoms with van der Waals surface area (Å²) in [5, 5.41) is 0.504. The van der Waals surface area contributed by atoms with Crippen LogP contribution in [0.3, 0.4) is 0 Å². The van der Waals surface area contributed by atoms with Gasteiger partial charge in [-0.25, -0.2) is 4.39 Å². The summed E-state index contributed by atoms with van der Waals surface area (Å²) < 4.78 is 19.1. The summed E-state index contributed by atoms with van der Waals surface area (Å²) in [5.74, 6) is -0.408. The molecule has 1 aromatic carbocycles. The quantitative estimate of drug-likeness (QED) is 0.915. The molecule has 0 radical (unpaired) electrons. The zero-order valence-electron chi connectivity index (χ0n) is 13.2. The van der Waals surface area contributed by atoms with E-state index in [0.29, 0.717) is 17.7 Å². The fraction of sp³-hybridized carbons (Fsp3) is 0.375. The molecule has 2 heterocycles. The van der Waals surface area contributed by atoms with Crippen molar-refractivity contribution in [1.29, 1.82) is 0 Å². The van der Waals surface area contributed by atoms with Gasteiger partial charge in [-0.1, -0.05) is 0 Å². The van der Waals surface area contributed by atoms with Gasteiger partial charge in [-0.2, -0.15) is 0 Å². The van der Waals surface area contributed by atoms with Crippen LogP contribution in [-0.4, -0.2) is 59.9 Å². The van der Waals surface area contributed by atoms with E-state index in [0.717, 1.165) is 0 Å². The smallest absolute Gasteiger partial charge is 0.271 e. The molecule has 0 saturated carbocycles. The minimum Gasteiger partial charge on any atom is -0.496 e. The molecule has 2 amide bonds. The number of aromatic nitrogens is 1. The molecule has 7 heteroatoms. The van der Waals surface area contributed by atoms with E-state index in [2.05, 4.69) is 4.98 Å². The number of halogens is 1. The molecular weight excluding hydrogens is 301 g/mol. The van der Waals surface area contributed by atoms with Crippen molar-refractivity contribution >= 4 is 22.7 Å². The molecule has 1 N–H and O–H groups in total. The maximum absolute atomic E-state index is 13.9. The van der Waals surface area contributed by atoms with Crippen LogP contribution < -0.4 is 4.74 Å². The average Bonchev–Trinajstić information content (AvgIpc) is 2.97. The number of H-pyrrole nitrogens is 1. The van der Waals surface area contributed by atoms with Gasteiger partial charge in [0, 0.05) is 25.0 Å². The summed E-state index contributed by atoms with van der Waals surface area (Å²) in [7, 11) is 3.20. The molecule has 0 bridgehead atoms. The van der Waals surface area contributed by atoms with Crippen LogP contribution in [0, 0.1) is 5.82 Å². The molecule has 23 heavy (non-hydrogen) atoms. The molecule has 0 aliphatic carbocycles. The lowest BCUT2D eigenvalue weighted by atomic mass is 10.1. The van der Waals surface area contributed by atoms with Gasteiger partial charge in [0.2, 0.25) is 5.91 Å². The summed E-state index contributed by atoms with van der Waals surface area (Å²) in [6.45, 7) is 2.37. The number of nitrogens with one attached hydrogen (secondary N) is 1. The van der Waals surface area contributed by atoms with Gasteiger partial charge in [0.05, 0.1) is 12.6 Å². The number of carbonyl (C=O) groups is 2. The van der Waals surface area contributed by atoms with Crippen molar-refractivity contribution in [3.05, 3.63) is 29.7 Å². The molecule has 3 rings (SSSR count). The number of likely N-dealkylation sites (N-methyl/N-ethyl adjacent to an activating group) is 1. The Morgan fingerprint density at radius 3 is 2.87 bits per heavy atom. The summed E-state index contributed by atoms with van der Waals surface area (Å²) >= 11 is 0. The largest absolute Gasteiger partial charge is 0.496 e. The molecule has 1 aliphatic rings. The third kappa shape index (κ3) is 2.52. The third-order valence-electron chi connectivity index (χ3n) is 4.22. The van der Waals surface area contributed by atoms with Crippen molar-refractivity contribution < 1.29 is 18.7 Å². The molecular formula is C16H18FN3O3. The number of nitrogens with zero attached hydrogens (tertiary/aromatic N) is 2. The summed E-state index contributed by atoms with van der Waals surface area (Å²) in [6, 6.07) is 4.26. The molecule has 0 spiro atoms. The van der Waals surface area contributed by atoms with Crippen molar-refractivity contribution in [3.8, 4) is 5.75 Å². The van der Waals surface area contributed by atoms with Crippen LogP contribution in [0.25, 0.3) is 10.9 Å². The Hall–Kier alpha value is -2.57. The van der Waals surface area contributed by atoms with Crippen molar-refractivity contribution in [2.24, 2.45) is 0 Å². The third-order valence-corrected chi connectivity index (χ3v) is 4.22. The van der Waals surface area contributed by atoms with E-state index < -0.39 is 5.82 Å². The van der Waals surface area contributed by atoms with E-state index >= 15 is 0 Å². The number of amides is 2. The highest BCUT2D eigenvalue weighted by atomic mass is 19.1. The standard InChI is InChI=1S/C16H18FN3O3/c1-9-7-19(2)14(21)8-20(9)16(22)12-6-10-13(23-3)5-4-11(17)15(10)18-12/h4-6,9,18H,7-8H2,1-3H3. The number of hydrogen-bond acceptors (Lipinski definition) is 3. The van der Waals surface area contributed by atoms with Crippen molar-refractivity contribution in [1.82, 2.24) is 14.8 Å². The lowest BCUT2D eigenvalue weighted by Crippen LogP contribution is -2.55. The molecule has 122 valence electrons. The fourth-order valence-corrected chi connectivity index (χ4v) is 2.90. The van der Waals surface area contributed by atoms with Crippen LogP contribution in [0.4, 0.5) is 4.39 Å². The number of ether oxygens (including phenoxy) is 1. The number of benzene rings is 1. The zero-order chi connectivity index (χ0) is 16.7. The Bertz CT molecular complexity index is 786. The maximum Gasteiger partial charge on any atom is 0.271 e. The van der Waals surface area contributed by atoms with Gasteiger partial charge >= 0.3 is 0 Å². The van der Waals surface area contributed by atoms with Crippen molar-refractivity contribution in [2.45, 2.75) is 13.0 Å². The van der Waals surface area contributed by atoms with E-state index in [4.69, 9.17) is 4.74 Å². The highest BCUT2D eigenvalue weighted by molar-refractivity contribution is 6.01. The lowest BCUT2D eigenvalue weighted by Gasteiger charge is -2.37. The van der Waals surface area contributed by atoms with Crippen LogP contribution in [0.15, 0.2) is 18.2 Å². The Morgan fingerprint density at radius 2 is 2.17 bits per heavy atom. The number of aromatic amines is 1. The summed E-state index contributed by atoms with van der Waals surface area (Å²) in [6.07, 6.45) is 0. The Morgan fingerprint density at radius 1 is 1.43 bits per heavy atom. The van der Waals surface area contributed by atoms with Crippen LogP contribution in [0.5, 0.6) is 5.75 Å². The molecule has 1 saturated heterocycles. The van der Waals surface area contributed by atoms with E-state index in [-0.39, 0.29) is 35.6 Å². The van der Waals surface area contributed by atoms with E-state index in [1.165, 1.54) is 24.1 Å². The Balaban J connectivity index is 1.98. The summed E-state index contributed by atoms with van der Waals surface area (Å²) in [4.78, 5) is 30.5. The van der Waals surface area contributed by atoms with Gasteiger partial charge in [0.25, 0.3) is 5.91 Å². The predicted molar refractivity (Wildman–Crippen MR) is 82.9 cm³/mol. The van der Waals surface area contributed by atoms with Gasteiger partial charge < -0.3 is 19.5 Å². The minimum absolute atomic E-state index is 0.0193. The van der Waals surface area contributed by atoms with E-state index in [1.54, 1.807) is 18.0 Å². The first-order valence-corrected chi connectivity index (χ1v) is 7.32. The molecule has 2 aromatic rings. The number of rotatable bonds is 2. The minimum atomic E-state index is -0.456. The van der Waals surface area contributed by atoms with Crippen LogP contribution in [0.2, 0.25) is 0 Å². The van der Waals surface area contributed by atoms with Gasteiger partial charge in [0.1, 0.15) is 23.8 Å². The molecule has 1 fully saturated rings. The monoisotopic (exact) mass is 319 g/mol. The van der Waals surface area contributed by atoms with Gasteiger partial charge in [-0.15, -0.1) is 0 Å². The van der Waals surface area contributed by atoms with Crippen LogP contribution in [0.1, 0.15) is 17.4 Å². The number of piperazine rings is 1. The van der Waals surface area contributed by atoms with Gasteiger partial charge in [0.15, 0.2) is 0 Å². The second-order valence-corrected chi connectivity index (χ2v) is 5.78. The fourth-order valence-electron chi connectivity index (χ4n) is 2.90. The normalized spacial score (nSPS) is 18.6. The van der Waals surface area contributed by atoms with E-state index in [9.17, 15) is 14.0 Å². The number of fused-ring (bicyclic) bond motifs is 1. The average molecular weight is 319 g/mol. The Kier molecular flexibility index (Phi) is 3.71. The Labute approximate surface area is 132 Å². The topological polar surface area (TPSA) is 65.6 Å². The SMILES string of the molecule is COc1ccc(F)c2[nH]c(C(=O)N3CC(=O)N(C)CC3C)cc12. The lowest BCUT2D eigenvalue weighted by molar-refractivity contribution is -0.135. The van der Waals surface area contributed by atoms with Gasteiger partial charge in [-0.3, -0.25) is 9.59 Å². The highest BCUT2D eigenvalue weighted by Gasteiger charge is 2.32. The molecule has 1 atom stereocenters. The first-order valence-electron chi connectivity index (χ1n) is 7.32.